The zero-order valence-corrected chi connectivity index (χ0v) is 15.3. The molecule has 140 valence electrons. The topological polar surface area (TPSA) is 114 Å². The number of benzene rings is 1. The Hall–Kier alpha value is -3.07. The number of aromatic nitrogens is 2. The van der Waals surface area contributed by atoms with Gasteiger partial charge in [0.15, 0.2) is 5.96 Å². The van der Waals surface area contributed by atoms with Crippen molar-refractivity contribution in [2.45, 2.75) is 18.9 Å². The number of rotatable bonds is 3. The number of hydrogen-bond acceptors (Lipinski definition) is 6. The highest BCUT2D eigenvalue weighted by atomic mass is 35.5. The van der Waals surface area contributed by atoms with Crippen molar-refractivity contribution in [3.8, 4) is 0 Å². The Morgan fingerprint density at radius 3 is 2.67 bits per heavy atom. The van der Waals surface area contributed by atoms with Crippen LogP contribution in [0.5, 0.6) is 0 Å². The maximum Gasteiger partial charge on any atom is 0.293 e. The minimum absolute atomic E-state index is 0.00264. The van der Waals surface area contributed by atoms with Gasteiger partial charge in [-0.05, 0) is 25.1 Å². The molecule has 1 aromatic carbocycles. The van der Waals surface area contributed by atoms with Crippen LogP contribution in [0.3, 0.4) is 0 Å². The number of anilines is 1. The molecule has 0 radical (unpaired) electrons. The predicted molar refractivity (Wildman–Crippen MR) is 97.8 cm³/mol. The summed E-state index contributed by atoms with van der Waals surface area (Å²) in [5, 5.41) is 2.88. The highest BCUT2D eigenvalue weighted by molar-refractivity contribution is 6.30. The van der Waals surface area contributed by atoms with Gasteiger partial charge in [-0.25, -0.2) is 19.4 Å². The van der Waals surface area contributed by atoms with E-state index >= 15 is 0 Å². The third-order valence-corrected chi connectivity index (χ3v) is 4.40. The summed E-state index contributed by atoms with van der Waals surface area (Å²) < 4.78 is 14.5. The summed E-state index contributed by atoms with van der Waals surface area (Å²) in [5.41, 5.74) is 5.03. The zero-order chi connectivity index (χ0) is 19.8. The van der Waals surface area contributed by atoms with Gasteiger partial charge in [-0.1, -0.05) is 11.6 Å². The van der Waals surface area contributed by atoms with Crippen LogP contribution >= 0.6 is 11.6 Å². The molecule has 2 heterocycles. The molecule has 2 aromatic rings. The molecule has 1 aliphatic heterocycles. The highest BCUT2D eigenvalue weighted by Crippen LogP contribution is 2.35. The first kappa shape index (κ1) is 18.7. The Morgan fingerprint density at radius 2 is 2.04 bits per heavy atom. The lowest BCUT2D eigenvalue weighted by Crippen LogP contribution is -2.47. The van der Waals surface area contributed by atoms with Crippen molar-refractivity contribution in [3.05, 3.63) is 52.8 Å². The molecular weight excluding hydrogens is 375 g/mol. The van der Waals surface area contributed by atoms with Crippen LogP contribution in [0.25, 0.3) is 0 Å². The first-order valence-corrected chi connectivity index (χ1v) is 8.28. The van der Waals surface area contributed by atoms with E-state index in [1.165, 1.54) is 42.5 Å². The van der Waals surface area contributed by atoms with Crippen LogP contribution in [0.1, 0.15) is 29.5 Å². The predicted octanol–water partition coefficient (Wildman–Crippen LogP) is 1.91. The molecule has 10 heteroatoms. The van der Waals surface area contributed by atoms with Gasteiger partial charge in [0, 0.05) is 30.7 Å². The molecule has 1 aliphatic rings. The maximum atomic E-state index is 14.5. The third kappa shape index (κ3) is 3.72. The summed E-state index contributed by atoms with van der Waals surface area (Å²) in [5.74, 6) is -1.53. The Kier molecular flexibility index (Phi) is 4.79. The van der Waals surface area contributed by atoms with E-state index in [0.29, 0.717) is 10.7 Å². The van der Waals surface area contributed by atoms with Gasteiger partial charge in [-0.2, -0.15) is 0 Å². The molecule has 2 amide bonds. The van der Waals surface area contributed by atoms with Gasteiger partial charge >= 0.3 is 0 Å². The number of halogens is 2. The van der Waals surface area contributed by atoms with Gasteiger partial charge in [0.05, 0.1) is 17.0 Å². The lowest BCUT2D eigenvalue weighted by molar-refractivity contribution is -0.128. The van der Waals surface area contributed by atoms with E-state index in [1.807, 2.05) is 0 Å². The minimum Gasteiger partial charge on any atom is -0.369 e. The summed E-state index contributed by atoms with van der Waals surface area (Å²) in [4.78, 5) is 37.5. The number of guanidine groups is 1. The number of nitrogens with zero attached hydrogens (tertiary/aromatic N) is 4. The molecule has 0 saturated heterocycles. The summed E-state index contributed by atoms with van der Waals surface area (Å²) in [6.45, 7) is 1.61. The monoisotopic (exact) mass is 390 g/mol. The van der Waals surface area contributed by atoms with Crippen molar-refractivity contribution in [2.75, 3.05) is 12.4 Å². The van der Waals surface area contributed by atoms with Crippen molar-refractivity contribution in [2.24, 2.45) is 10.7 Å². The van der Waals surface area contributed by atoms with Crippen LogP contribution < -0.4 is 11.1 Å². The minimum atomic E-state index is -1.19. The van der Waals surface area contributed by atoms with Crippen LogP contribution in [0.15, 0.2) is 35.6 Å². The van der Waals surface area contributed by atoms with Gasteiger partial charge in [0.1, 0.15) is 5.82 Å². The summed E-state index contributed by atoms with van der Waals surface area (Å²) in [7, 11) is 1.50. The van der Waals surface area contributed by atoms with E-state index in [2.05, 4.69) is 20.3 Å². The Bertz CT molecular complexity index is 949. The van der Waals surface area contributed by atoms with Gasteiger partial charge in [-0.15, -0.1) is 0 Å². The second kappa shape index (κ2) is 6.92. The molecule has 1 atom stereocenters. The average molecular weight is 391 g/mol. The molecule has 8 nitrogen and oxygen atoms in total. The van der Waals surface area contributed by atoms with E-state index in [9.17, 15) is 14.0 Å². The fourth-order valence-electron chi connectivity index (χ4n) is 2.70. The van der Waals surface area contributed by atoms with E-state index in [4.69, 9.17) is 17.3 Å². The van der Waals surface area contributed by atoms with Crippen molar-refractivity contribution in [1.82, 2.24) is 14.9 Å². The molecule has 3 rings (SSSR count). The largest absolute Gasteiger partial charge is 0.369 e. The number of carbonyl (C=O) groups excluding carboxylic acids is 2. The van der Waals surface area contributed by atoms with Crippen molar-refractivity contribution in [1.29, 1.82) is 0 Å². The van der Waals surface area contributed by atoms with Crippen molar-refractivity contribution in [3.63, 3.8) is 0 Å². The molecule has 1 unspecified atom stereocenters. The standard InChI is InChI=1S/C17H16ClFN6O2/c1-17(6-13(26)25(2)16(20)24-17)11-5-10(3-4-12(11)19)23-15(27)14-21-7-9(18)8-22-14/h3-5,7-8H,6H2,1-2H3,(H2,20,24)(H,23,27). The van der Waals surface area contributed by atoms with Crippen molar-refractivity contribution < 1.29 is 14.0 Å². The molecule has 1 aromatic heterocycles. The number of aliphatic imine (C=N–C) groups is 1. The van der Waals surface area contributed by atoms with Crippen molar-refractivity contribution >= 4 is 35.1 Å². The normalized spacial score (nSPS) is 19.6. The van der Waals surface area contributed by atoms with Crippen LogP contribution in [0, 0.1) is 5.82 Å². The second-order valence-corrected chi connectivity index (χ2v) is 6.68. The number of hydrogen-bond donors (Lipinski definition) is 2. The fourth-order valence-corrected chi connectivity index (χ4v) is 2.79. The average Bonchev–Trinajstić information content (AvgIpc) is 2.61. The molecule has 3 N–H and O–H groups in total. The lowest BCUT2D eigenvalue weighted by Gasteiger charge is -2.34. The van der Waals surface area contributed by atoms with E-state index in [1.54, 1.807) is 6.92 Å². The smallest absolute Gasteiger partial charge is 0.293 e. The molecule has 0 bridgehead atoms. The van der Waals surface area contributed by atoms with Crippen LogP contribution in [0.2, 0.25) is 5.02 Å². The first-order chi connectivity index (χ1) is 12.7. The van der Waals surface area contributed by atoms with Crippen LogP contribution in [0.4, 0.5) is 10.1 Å². The number of nitrogens with one attached hydrogen (secondary N) is 1. The molecule has 0 fully saturated rings. The van der Waals surface area contributed by atoms with Crippen LogP contribution in [-0.4, -0.2) is 39.7 Å². The van der Waals surface area contributed by atoms with E-state index < -0.39 is 17.3 Å². The zero-order valence-electron chi connectivity index (χ0n) is 14.5. The Morgan fingerprint density at radius 1 is 1.37 bits per heavy atom. The van der Waals surface area contributed by atoms with Crippen LogP contribution in [-0.2, 0) is 10.3 Å². The maximum absolute atomic E-state index is 14.5. The lowest BCUT2D eigenvalue weighted by atomic mass is 9.87. The molecule has 0 aliphatic carbocycles. The Balaban J connectivity index is 1.92. The van der Waals surface area contributed by atoms with Gasteiger partial charge in [-0.3, -0.25) is 14.5 Å². The van der Waals surface area contributed by atoms with Gasteiger partial charge in [0.2, 0.25) is 11.7 Å². The highest BCUT2D eigenvalue weighted by Gasteiger charge is 2.38. The fraction of sp³-hybridized carbons (Fsp3) is 0.235. The number of nitrogens with two attached hydrogens (primary N) is 1. The van der Waals surface area contributed by atoms with E-state index in [-0.39, 0.29) is 29.7 Å². The number of amides is 2. The molecule has 27 heavy (non-hydrogen) atoms. The first-order valence-electron chi connectivity index (χ1n) is 7.90. The summed E-state index contributed by atoms with van der Waals surface area (Å²) >= 11 is 5.70. The van der Waals surface area contributed by atoms with Gasteiger partial charge in [0.25, 0.3) is 5.91 Å². The second-order valence-electron chi connectivity index (χ2n) is 6.25. The number of carbonyl (C=O) groups is 2. The SMILES string of the molecule is CN1C(=O)CC(C)(c2cc(NC(=O)c3ncc(Cl)cn3)ccc2F)N=C1N. The van der Waals surface area contributed by atoms with Gasteiger partial charge < -0.3 is 11.1 Å². The molecule has 0 saturated carbocycles. The Labute approximate surface area is 159 Å². The quantitative estimate of drug-likeness (QED) is 0.831. The summed E-state index contributed by atoms with van der Waals surface area (Å²) in [6.07, 6.45) is 2.53. The third-order valence-electron chi connectivity index (χ3n) is 4.20. The molecular formula is C17H16ClFN6O2. The van der Waals surface area contributed by atoms with E-state index in [0.717, 1.165) is 0 Å². The molecule has 0 spiro atoms. The summed E-state index contributed by atoms with van der Waals surface area (Å²) in [6, 6.07) is 3.99.